The van der Waals surface area contributed by atoms with Gasteiger partial charge in [-0.25, -0.2) is 13.6 Å². The van der Waals surface area contributed by atoms with Gasteiger partial charge in [-0.1, -0.05) is 57.9 Å². The van der Waals surface area contributed by atoms with Gasteiger partial charge in [-0.3, -0.25) is 0 Å². The fourth-order valence-corrected chi connectivity index (χ4v) is 3.41. The Kier molecular flexibility index (Phi) is 4.70. The number of ether oxygens (including phenoxy) is 1. The van der Waals surface area contributed by atoms with E-state index < -0.39 is 10.0 Å². The van der Waals surface area contributed by atoms with Crippen molar-refractivity contribution in [1.29, 1.82) is 0 Å². The highest BCUT2D eigenvalue weighted by atomic mass is 79.9. The molecule has 0 atom stereocenters. The van der Waals surface area contributed by atoms with Gasteiger partial charge in [0.05, 0.1) is 5.02 Å². The Labute approximate surface area is 130 Å². The standard InChI is InChI=1S/C13H11BrClNO3S/c14-10-6-11(15)13(12(7-10)20(16,17)18)19-8-9-4-2-1-3-5-9/h1-7H,8H2,(H2,16,17,18). The molecule has 20 heavy (non-hydrogen) atoms. The van der Waals surface area contributed by atoms with Crippen LogP contribution in [-0.4, -0.2) is 8.42 Å². The summed E-state index contributed by atoms with van der Waals surface area (Å²) in [5, 5.41) is 5.36. The molecule has 0 aliphatic carbocycles. The van der Waals surface area contributed by atoms with Gasteiger partial charge in [-0.15, -0.1) is 0 Å². The van der Waals surface area contributed by atoms with E-state index in [9.17, 15) is 8.42 Å². The molecule has 2 N–H and O–H groups in total. The summed E-state index contributed by atoms with van der Waals surface area (Å²) in [4.78, 5) is -0.146. The Morgan fingerprint density at radius 1 is 1.20 bits per heavy atom. The van der Waals surface area contributed by atoms with Crippen molar-refractivity contribution >= 4 is 37.6 Å². The minimum absolute atomic E-state index is 0.0567. The molecular formula is C13H11BrClNO3S. The lowest BCUT2D eigenvalue weighted by Gasteiger charge is -2.12. The highest BCUT2D eigenvalue weighted by molar-refractivity contribution is 9.10. The summed E-state index contributed by atoms with van der Waals surface area (Å²) in [6.45, 7) is 0.199. The molecule has 0 saturated heterocycles. The molecule has 2 aromatic rings. The smallest absolute Gasteiger partial charge is 0.241 e. The maximum Gasteiger partial charge on any atom is 0.241 e. The van der Waals surface area contributed by atoms with E-state index in [4.69, 9.17) is 21.5 Å². The molecule has 2 rings (SSSR count). The molecule has 0 fully saturated rings. The summed E-state index contributed by atoms with van der Waals surface area (Å²) in [6, 6.07) is 12.3. The van der Waals surface area contributed by atoms with Crippen molar-refractivity contribution in [2.45, 2.75) is 11.5 Å². The molecule has 0 unspecified atom stereocenters. The average molecular weight is 377 g/mol. The first kappa shape index (κ1) is 15.3. The van der Waals surface area contributed by atoms with Gasteiger partial charge in [0.25, 0.3) is 0 Å². The van der Waals surface area contributed by atoms with Crippen LogP contribution in [0.1, 0.15) is 5.56 Å². The third-order valence-electron chi connectivity index (χ3n) is 2.51. The van der Waals surface area contributed by atoms with Gasteiger partial charge in [0.1, 0.15) is 11.5 Å². The van der Waals surface area contributed by atoms with Crippen LogP contribution < -0.4 is 9.88 Å². The van der Waals surface area contributed by atoms with Crippen LogP contribution in [0.15, 0.2) is 51.8 Å². The number of benzene rings is 2. The van der Waals surface area contributed by atoms with Gasteiger partial charge in [-0.2, -0.15) is 0 Å². The Hall–Kier alpha value is -1.08. The SMILES string of the molecule is NS(=O)(=O)c1cc(Br)cc(Cl)c1OCc1ccccc1. The van der Waals surface area contributed by atoms with Gasteiger partial charge in [0, 0.05) is 4.47 Å². The number of hydrogen-bond donors (Lipinski definition) is 1. The van der Waals surface area contributed by atoms with Gasteiger partial charge < -0.3 is 4.74 Å². The number of hydrogen-bond acceptors (Lipinski definition) is 3. The summed E-state index contributed by atoms with van der Waals surface area (Å²) in [5.74, 6) is 0.0567. The average Bonchev–Trinajstić information content (AvgIpc) is 2.37. The molecule has 0 aliphatic heterocycles. The van der Waals surface area contributed by atoms with E-state index in [0.29, 0.717) is 4.47 Å². The Bertz CT molecular complexity index is 720. The molecule has 4 nitrogen and oxygen atoms in total. The second-order valence-corrected chi connectivity index (χ2v) is 6.89. The largest absolute Gasteiger partial charge is 0.486 e. The third kappa shape index (κ3) is 3.73. The molecule has 0 radical (unpaired) electrons. The van der Waals surface area contributed by atoms with E-state index in [1.54, 1.807) is 6.07 Å². The van der Waals surface area contributed by atoms with E-state index in [1.807, 2.05) is 30.3 Å². The Balaban J connectivity index is 2.36. The second kappa shape index (κ2) is 6.13. The molecule has 0 heterocycles. The zero-order valence-electron chi connectivity index (χ0n) is 10.2. The van der Waals surface area contributed by atoms with E-state index in [0.717, 1.165) is 5.56 Å². The Morgan fingerprint density at radius 2 is 1.85 bits per heavy atom. The van der Waals surface area contributed by atoms with Crippen LogP contribution in [0, 0.1) is 0 Å². The van der Waals surface area contributed by atoms with Crippen molar-refractivity contribution in [3.05, 3.63) is 57.5 Å². The summed E-state index contributed by atoms with van der Waals surface area (Å²) < 4.78 is 29.2. The van der Waals surface area contributed by atoms with Crippen molar-refractivity contribution in [2.24, 2.45) is 5.14 Å². The summed E-state index contributed by atoms with van der Waals surface area (Å²) >= 11 is 9.21. The molecule has 0 bridgehead atoms. The lowest BCUT2D eigenvalue weighted by atomic mass is 10.2. The van der Waals surface area contributed by atoms with Crippen LogP contribution in [0.5, 0.6) is 5.75 Å². The minimum atomic E-state index is -3.92. The number of rotatable bonds is 4. The van der Waals surface area contributed by atoms with Crippen molar-refractivity contribution in [2.75, 3.05) is 0 Å². The first-order valence-corrected chi connectivity index (χ1v) is 8.28. The zero-order chi connectivity index (χ0) is 14.8. The monoisotopic (exact) mass is 375 g/mol. The zero-order valence-corrected chi connectivity index (χ0v) is 13.4. The van der Waals surface area contributed by atoms with Crippen LogP contribution in [0.3, 0.4) is 0 Å². The van der Waals surface area contributed by atoms with Crippen molar-refractivity contribution < 1.29 is 13.2 Å². The highest BCUT2D eigenvalue weighted by Gasteiger charge is 2.19. The second-order valence-electron chi connectivity index (χ2n) is 4.03. The van der Waals surface area contributed by atoms with E-state index in [-0.39, 0.29) is 22.3 Å². The summed E-state index contributed by atoms with van der Waals surface area (Å²) in [5.41, 5.74) is 0.895. The van der Waals surface area contributed by atoms with Gasteiger partial charge in [0.15, 0.2) is 5.75 Å². The molecule has 2 aromatic carbocycles. The van der Waals surface area contributed by atoms with Crippen LogP contribution in [0.25, 0.3) is 0 Å². The first-order chi connectivity index (χ1) is 9.38. The fraction of sp³-hybridized carbons (Fsp3) is 0.0769. The van der Waals surface area contributed by atoms with E-state index in [2.05, 4.69) is 15.9 Å². The predicted octanol–water partition coefficient (Wildman–Crippen LogP) is 3.33. The molecule has 0 aliphatic rings. The van der Waals surface area contributed by atoms with Crippen molar-refractivity contribution in [1.82, 2.24) is 0 Å². The number of sulfonamides is 1. The summed E-state index contributed by atoms with van der Waals surface area (Å²) in [7, 11) is -3.92. The van der Waals surface area contributed by atoms with E-state index in [1.165, 1.54) is 6.07 Å². The van der Waals surface area contributed by atoms with Crippen LogP contribution >= 0.6 is 27.5 Å². The maximum absolute atomic E-state index is 11.6. The summed E-state index contributed by atoms with van der Waals surface area (Å²) in [6.07, 6.45) is 0. The maximum atomic E-state index is 11.6. The number of primary sulfonamides is 1. The normalized spacial score (nSPS) is 11.3. The fourth-order valence-electron chi connectivity index (χ4n) is 1.62. The molecule has 7 heteroatoms. The van der Waals surface area contributed by atoms with Gasteiger partial charge >= 0.3 is 0 Å². The van der Waals surface area contributed by atoms with Gasteiger partial charge in [-0.05, 0) is 17.7 Å². The van der Waals surface area contributed by atoms with Crippen molar-refractivity contribution in [3.63, 3.8) is 0 Å². The van der Waals surface area contributed by atoms with Crippen LogP contribution in [0.2, 0.25) is 5.02 Å². The predicted molar refractivity (Wildman–Crippen MR) is 81.3 cm³/mol. The van der Waals surface area contributed by atoms with E-state index >= 15 is 0 Å². The molecule has 0 saturated carbocycles. The molecule has 0 amide bonds. The third-order valence-corrected chi connectivity index (χ3v) is 4.16. The molecular weight excluding hydrogens is 366 g/mol. The van der Waals surface area contributed by atoms with Crippen LogP contribution in [-0.2, 0) is 16.6 Å². The lowest BCUT2D eigenvalue weighted by molar-refractivity contribution is 0.298. The first-order valence-electron chi connectivity index (χ1n) is 5.56. The molecule has 0 aromatic heterocycles. The topological polar surface area (TPSA) is 69.4 Å². The quantitative estimate of drug-likeness (QED) is 0.890. The number of halogens is 2. The lowest BCUT2D eigenvalue weighted by Crippen LogP contribution is -2.14. The highest BCUT2D eigenvalue weighted by Crippen LogP contribution is 2.35. The van der Waals surface area contributed by atoms with Crippen molar-refractivity contribution in [3.8, 4) is 5.75 Å². The Morgan fingerprint density at radius 3 is 2.45 bits per heavy atom. The number of nitrogens with two attached hydrogens (primary N) is 1. The van der Waals surface area contributed by atoms with Gasteiger partial charge in [0.2, 0.25) is 10.0 Å². The van der Waals surface area contributed by atoms with Crippen LogP contribution in [0.4, 0.5) is 0 Å². The minimum Gasteiger partial charge on any atom is -0.486 e. The molecule has 106 valence electrons. The molecule has 0 spiro atoms.